The Labute approximate surface area is 174 Å². The molecule has 4 rings (SSSR count). The van der Waals surface area contributed by atoms with Crippen LogP contribution in [0.1, 0.15) is 41.6 Å². The fourth-order valence-corrected chi connectivity index (χ4v) is 3.59. The van der Waals surface area contributed by atoms with Crippen molar-refractivity contribution in [3.63, 3.8) is 0 Å². The number of carbonyl (C=O) groups is 2. The topological polar surface area (TPSA) is 58.6 Å². The highest BCUT2D eigenvalue weighted by molar-refractivity contribution is 5.94. The number of benzene rings is 2. The van der Waals surface area contributed by atoms with Crippen LogP contribution in [0.25, 0.3) is 0 Å². The number of hydrogen-bond donors (Lipinski definition) is 1. The molecule has 1 saturated heterocycles. The van der Waals surface area contributed by atoms with Gasteiger partial charge < -0.3 is 15.0 Å². The molecule has 0 bridgehead atoms. The first kappa shape index (κ1) is 20.3. The van der Waals surface area contributed by atoms with Crippen molar-refractivity contribution in [3.8, 4) is 5.75 Å². The molecule has 2 amide bonds. The standard InChI is InChI=1S/C23H24F2N2O3/c24-20-8-1-15(13-21(20)25)14-26-22(28)16-4-6-18(7-5-16)30-19-9-11-27(12-10-19)23(29)17-2-3-17/h1,4-8,13,17,19H,2-3,9-12,14H2,(H,26,28). The van der Waals surface area contributed by atoms with E-state index in [-0.39, 0.29) is 30.4 Å². The van der Waals surface area contributed by atoms with Gasteiger partial charge in [-0.2, -0.15) is 0 Å². The number of nitrogens with one attached hydrogen (secondary N) is 1. The molecule has 2 aliphatic rings. The Hall–Kier alpha value is -2.96. The Morgan fingerprint density at radius 3 is 2.30 bits per heavy atom. The van der Waals surface area contributed by atoms with Crippen LogP contribution in [-0.2, 0) is 11.3 Å². The van der Waals surface area contributed by atoms with Crippen LogP contribution in [0.15, 0.2) is 42.5 Å². The van der Waals surface area contributed by atoms with Gasteiger partial charge in [-0.15, -0.1) is 0 Å². The van der Waals surface area contributed by atoms with Crippen molar-refractivity contribution < 1.29 is 23.1 Å². The second-order valence-corrected chi connectivity index (χ2v) is 7.87. The highest BCUT2D eigenvalue weighted by Crippen LogP contribution is 2.32. The summed E-state index contributed by atoms with van der Waals surface area (Å²) in [6.45, 7) is 1.56. The molecule has 0 unspecified atom stereocenters. The SMILES string of the molecule is O=C(NCc1ccc(F)c(F)c1)c1ccc(OC2CCN(C(=O)C3CC3)CC2)cc1. The number of carbonyl (C=O) groups excluding carboxylic acids is 2. The van der Waals surface area contributed by atoms with E-state index >= 15 is 0 Å². The summed E-state index contributed by atoms with van der Waals surface area (Å²) < 4.78 is 32.2. The number of piperidine rings is 1. The maximum Gasteiger partial charge on any atom is 0.251 e. The van der Waals surface area contributed by atoms with Crippen molar-refractivity contribution in [2.24, 2.45) is 5.92 Å². The van der Waals surface area contributed by atoms with Gasteiger partial charge in [0.2, 0.25) is 5.91 Å². The van der Waals surface area contributed by atoms with Crippen molar-refractivity contribution in [1.29, 1.82) is 0 Å². The molecule has 2 fully saturated rings. The Balaban J connectivity index is 1.25. The van der Waals surface area contributed by atoms with Crippen molar-refractivity contribution in [2.45, 2.75) is 38.3 Å². The van der Waals surface area contributed by atoms with Gasteiger partial charge in [0, 0.05) is 44.0 Å². The first-order chi connectivity index (χ1) is 14.5. The van der Waals surface area contributed by atoms with Gasteiger partial charge in [-0.3, -0.25) is 9.59 Å². The molecular weight excluding hydrogens is 390 g/mol. The van der Waals surface area contributed by atoms with E-state index in [0.29, 0.717) is 16.9 Å². The second-order valence-electron chi connectivity index (χ2n) is 7.87. The summed E-state index contributed by atoms with van der Waals surface area (Å²) >= 11 is 0. The van der Waals surface area contributed by atoms with Crippen LogP contribution in [0.3, 0.4) is 0 Å². The molecule has 0 spiro atoms. The predicted molar refractivity (Wildman–Crippen MR) is 107 cm³/mol. The van der Waals surface area contributed by atoms with Crippen molar-refractivity contribution in [1.82, 2.24) is 10.2 Å². The lowest BCUT2D eigenvalue weighted by molar-refractivity contribution is -0.134. The van der Waals surface area contributed by atoms with E-state index in [1.165, 1.54) is 6.07 Å². The number of nitrogens with zero attached hydrogens (tertiary/aromatic N) is 1. The molecule has 1 aliphatic carbocycles. The number of amides is 2. The summed E-state index contributed by atoms with van der Waals surface area (Å²) in [5.41, 5.74) is 0.934. The predicted octanol–water partition coefficient (Wildman–Crippen LogP) is 3.67. The quantitative estimate of drug-likeness (QED) is 0.785. The van der Waals surface area contributed by atoms with Gasteiger partial charge >= 0.3 is 0 Å². The maximum atomic E-state index is 13.2. The first-order valence-corrected chi connectivity index (χ1v) is 10.3. The first-order valence-electron chi connectivity index (χ1n) is 10.3. The van der Waals surface area contributed by atoms with Gasteiger partial charge in [-0.05, 0) is 54.8 Å². The second kappa shape index (κ2) is 8.81. The maximum absolute atomic E-state index is 13.2. The van der Waals surface area contributed by atoms with Crippen LogP contribution in [0, 0.1) is 17.6 Å². The molecular formula is C23H24F2N2O3. The van der Waals surface area contributed by atoms with Crippen LogP contribution in [0.5, 0.6) is 5.75 Å². The highest BCUT2D eigenvalue weighted by Gasteiger charge is 2.35. The lowest BCUT2D eigenvalue weighted by Gasteiger charge is -2.32. The van der Waals surface area contributed by atoms with E-state index in [1.807, 2.05) is 4.90 Å². The van der Waals surface area contributed by atoms with Gasteiger partial charge in [-0.25, -0.2) is 8.78 Å². The lowest BCUT2D eigenvalue weighted by Crippen LogP contribution is -2.42. The van der Waals surface area contributed by atoms with Gasteiger partial charge in [0.25, 0.3) is 5.91 Å². The fraction of sp³-hybridized carbons (Fsp3) is 0.391. The lowest BCUT2D eigenvalue weighted by atomic mass is 10.1. The smallest absolute Gasteiger partial charge is 0.251 e. The molecule has 7 heteroatoms. The zero-order valence-electron chi connectivity index (χ0n) is 16.6. The Morgan fingerprint density at radius 1 is 0.967 bits per heavy atom. The molecule has 1 saturated carbocycles. The van der Waals surface area contributed by atoms with Gasteiger partial charge in [0.15, 0.2) is 11.6 Å². The van der Waals surface area contributed by atoms with E-state index in [0.717, 1.165) is 50.9 Å². The number of halogens is 2. The molecule has 5 nitrogen and oxygen atoms in total. The zero-order chi connectivity index (χ0) is 21.1. The summed E-state index contributed by atoms with van der Waals surface area (Å²) in [7, 11) is 0. The molecule has 2 aromatic rings. The van der Waals surface area contributed by atoms with Crippen molar-refractivity contribution >= 4 is 11.8 Å². The Morgan fingerprint density at radius 2 is 1.67 bits per heavy atom. The molecule has 2 aromatic carbocycles. The minimum Gasteiger partial charge on any atom is -0.490 e. The van der Waals surface area contributed by atoms with E-state index in [4.69, 9.17) is 4.74 Å². The Bertz CT molecular complexity index is 921. The third kappa shape index (κ3) is 4.96. The van der Waals surface area contributed by atoms with Crippen LogP contribution in [0.4, 0.5) is 8.78 Å². The van der Waals surface area contributed by atoms with E-state index < -0.39 is 11.6 Å². The molecule has 30 heavy (non-hydrogen) atoms. The summed E-state index contributed by atoms with van der Waals surface area (Å²) in [5.74, 6) is -0.945. The average Bonchev–Trinajstić information content (AvgIpc) is 3.60. The summed E-state index contributed by atoms with van der Waals surface area (Å²) in [6.07, 6.45) is 3.71. The number of rotatable bonds is 6. The molecule has 0 atom stereocenters. The van der Waals surface area contributed by atoms with Crippen molar-refractivity contribution in [2.75, 3.05) is 13.1 Å². The van der Waals surface area contributed by atoms with Crippen LogP contribution < -0.4 is 10.1 Å². The molecule has 1 heterocycles. The number of ether oxygens (including phenoxy) is 1. The molecule has 1 aliphatic heterocycles. The third-order valence-corrected chi connectivity index (χ3v) is 5.54. The van der Waals surface area contributed by atoms with Gasteiger partial charge in [-0.1, -0.05) is 6.07 Å². The summed E-state index contributed by atoms with van der Waals surface area (Å²) in [5, 5.41) is 2.69. The minimum atomic E-state index is -0.939. The summed E-state index contributed by atoms with van der Waals surface area (Å²) in [6, 6.07) is 10.4. The molecule has 0 radical (unpaired) electrons. The Kier molecular flexibility index (Phi) is 5.97. The van der Waals surface area contributed by atoms with Crippen molar-refractivity contribution in [3.05, 3.63) is 65.2 Å². The molecule has 158 valence electrons. The average molecular weight is 414 g/mol. The van der Waals surface area contributed by atoms with Crippen LogP contribution in [-0.4, -0.2) is 35.9 Å². The third-order valence-electron chi connectivity index (χ3n) is 5.54. The van der Waals surface area contributed by atoms with E-state index in [9.17, 15) is 18.4 Å². The van der Waals surface area contributed by atoms with Gasteiger partial charge in [0.05, 0.1) is 0 Å². The molecule has 0 aromatic heterocycles. The molecule has 1 N–H and O–H groups in total. The summed E-state index contributed by atoms with van der Waals surface area (Å²) in [4.78, 5) is 26.3. The largest absolute Gasteiger partial charge is 0.490 e. The zero-order valence-corrected chi connectivity index (χ0v) is 16.6. The van der Waals surface area contributed by atoms with E-state index in [2.05, 4.69) is 5.32 Å². The van der Waals surface area contributed by atoms with Gasteiger partial charge in [0.1, 0.15) is 11.9 Å². The normalized spacial score (nSPS) is 16.9. The van der Waals surface area contributed by atoms with Crippen LogP contribution in [0.2, 0.25) is 0 Å². The van der Waals surface area contributed by atoms with Crippen LogP contribution >= 0.6 is 0 Å². The highest BCUT2D eigenvalue weighted by atomic mass is 19.2. The number of likely N-dealkylation sites (tertiary alicyclic amines) is 1. The monoisotopic (exact) mass is 414 g/mol. The fourth-order valence-electron chi connectivity index (χ4n) is 3.59. The number of hydrogen-bond acceptors (Lipinski definition) is 3. The minimum absolute atomic E-state index is 0.0568. The van der Waals surface area contributed by atoms with E-state index in [1.54, 1.807) is 24.3 Å².